The summed E-state index contributed by atoms with van der Waals surface area (Å²) in [6.45, 7) is 8.86. The quantitative estimate of drug-likeness (QED) is 0.438. The Morgan fingerprint density at radius 2 is 2.11 bits per heavy atom. The number of halogens is 3. The highest BCUT2D eigenvalue weighted by Gasteiger charge is 2.26. The van der Waals surface area contributed by atoms with Gasteiger partial charge >= 0.3 is 0 Å². The highest BCUT2D eigenvalue weighted by Crippen LogP contribution is 2.41. The fraction of sp³-hybridized carbons (Fsp3) is 0.211. The van der Waals surface area contributed by atoms with Crippen molar-refractivity contribution in [2.75, 3.05) is 18.0 Å². The van der Waals surface area contributed by atoms with Gasteiger partial charge in [-0.15, -0.1) is 0 Å². The first-order valence-corrected chi connectivity index (χ1v) is 8.95. The average molecular weight is 404 g/mol. The molecule has 0 N–H and O–H groups in total. The third-order valence-electron chi connectivity index (χ3n) is 4.05. The maximum absolute atomic E-state index is 14.7. The molecule has 27 heavy (non-hydrogen) atoms. The maximum Gasteiger partial charge on any atom is 0.176 e. The Bertz CT molecular complexity index is 1060. The first kappa shape index (κ1) is 19.2. The lowest BCUT2D eigenvalue weighted by Gasteiger charge is -2.27. The molecule has 8 heteroatoms. The van der Waals surface area contributed by atoms with E-state index in [1.54, 1.807) is 6.07 Å². The van der Waals surface area contributed by atoms with Crippen LogP contribution in [0.3, 0.4) is 0 Å². The molecule has 2 heterocycles. The molecule has 0 aliphatic heterocycles. The van der Waals surface area contributed by atoms with E-state index in [-0.39, 0.29) is 21.3 Å². The molecule has 3 aromatic rings. The molecular formula is C19H16Cl2FN5. The summed E-state index contributed by atoms with van der Waals surface area (Å²) >= 11 is 12.8. The van der Waals surface area contributed by atoms with E-state index >= 15 is 0 Å². The van der Waals surface area contributed by atoms with Crippen molar-refractivity contribution in [2.45, 2.75) is 13.8 Å². The molecule has 1 aromatic carbocycles. The minimum Gasteiger partial charge on any atom is -0.352 e. The van der Waals surface area contributed by atoms with Crippen LogP contribution in [0.4, 0.5) is 10.2 Å². The number of likely N-dealkylation sites (N-methyl/N-ethyl adjacent to an activating group) is 1. The van der Waals surface area contributed by atoms with Crippen LogP contribution in [0.1, 0.15) is 19.4 Å². The minimum absolute atomic E-state index is 0.0432. The zero-order valence-electron chi connectivity index (χ0n) is 14.8. The van der Waals surface area contributed by atoms with Crippen LogP contribution in [0.15, 0.2) is 36.5 Å². The predicted molar refractivity (Wildman–Crippen MR) is 106 cm³/mol. The van der Waals surface area contributed by atoms with Gasteiger partial charge in [0.25, 0.3) is 0 Å². The van der Waals surface area contributed by atoms with Gasteiger partial charge in [0.15, 0.2) is 5.65 Å². The largest absolute Gasteiger partial charge is 0.352 e. The van der Waals surface area contributed by atoms with Crippen molar-refractivity contribution in [1.82, 2.24) is 14.6 Å². The molecule has 2 aromatic heterocycles. The van der Waals surface area contributed by atoms with E-state index < -0.39 is 5.82 Å². The predicted octanol–water partition coefficient (Wildman–Crippen LogP) is 5.12. The van der Waals surface area contributed by atoms with Crippen LogP contribution in [0.2, 0.25) is 10.2 Å². The third-order valence-corrected chi connectivity index (χ3v) is 4.64. The molecule has 0 aliphatic rings. The van der Waals surface area contributed by atoms with Crippen molar-refractivity contribution in [3.8, 4) is 17.2 Å². The second-order valence-electron chi connectivity index (χ2n) is 6.07. The number of aromatic nitrogens is 3. The van der Waals surface area contributed by atoms with Crippen molar-refractivity contribution >= 4 is 34.7 Å². The van der Waals surface area contributed by atoms with Crippen molar-refractivity contribution in [2.24, 2.45) is 0 Å². The Morgan fingerprint density at radius 3 is 2.70 bits per heavy atom. The van der Waals surface area contributed by atoms with Crippen LogP contribution < -0.4 is 4.90 Å². The van der Waals surface area contributed by atoms with Gasteiger partial charge in [-0.2, -0.15) is 14.9 Å². The van der Waals surface area contributed by atoms with Crippen LogP contribution >= 0.6 is 23.2 Å². The van der Waals surface area contributed by atoms with Gasteiger partial charge in [-0.05, 0) is 26.0 Å². The Labute approximate surface area is 166 Å². The fourth-order valence-corrected chi connectivity index (χ4v) is 3.45. The summed E-state index contributed by atoms with van der Waals surface area (Å²) in [5.41, 5.74) is 1.94. The second kappa shape index (κ2) is 7.55. The molecule has 0 saturated heterocycles. The summed E-state index contributed by atoms with van der Waals surface area (Å²) in [5, 5.41) is 13.9. The Kier molecular flexibility index (Phi) is 5.36. The van der Waals surface area contributed by atoms with Gasteiger partial charge in [0.05, 0.1) is 16.8 Å². The molecular weight excluding hydrogens is 388 g/mol. The van der Waals surface area contributed by atoms with Crippen LogP contribution in [0.5, 0.6) is 0 Å². The number of nitrogens with zero attached hydrogens (tertiary/aromatic N) is 5. The second-order valence-corrected chi connectivity index (χ2v) is 6.84. The Morgan fingerprint density at radius 1 is 1.37 bits per heavy atom. The Balaban J connectivity index is 2.46. The molecule has 5 nitrogen and oxygen atoms in total. The molecule has 0 aliphatic carbocycles. The third kappa shape index (κ3) is 3.36. The normalized spacial score (nSPS) is 10.8. The molecule has 3 rings (SSSR count). The van der Waals surface area contributed by atoms with E-state index in [9.17, 15) is 9.65 Å². The summed E-state index contributed by atoms with van der Waals surface area (Å²) in [4.78, 5) is 6.23. The molecule has 138 valence electrons. The summed E-state index contributed by atoms with van der Waals surface area (Å²) in [7, 11) is 0. The highest BCUT2D eigenvalue weighted by molar-refractivity contribution is 6.36. The monoisotopic (exact) mass is 403 g/mol. The summed E-state index contributed by atoms with van der Waals surface area (Å²) < 4.78 is 16.2. The molecule has 0 atom stereocenters. The van der Waals surface area contributed by atoms with Gasteiger partial charge in [0.2, 0.25) is 0 Å². The SMILES string of the molecule is C=C(C)CN(CC)c1c(-c2c(F)cccc2Cl)c(Cl)nc2c(C#N)cnn12. The van der Waals surface area contributed by atoms with E-state index in [2.05, 4.69) is 16.7 Å². The van der Waals surface area contributed by atoms with Crippen LogP contribution in [0, 0.1) is 17.1 Å². The van der Waals surface area contributed by atoms with Crippen molar-refractivity contribution in [3.63, 3.8) is 0 Å². The first-order chi connectivity index (χ1) is 12.9. The summed E-state index contributed by atoms with van der Waals surface area (Å²) in [5.74, 6) is -0.0187. The van der Waals surface area contributed by atoms with Crippen molar-refractivity contribution < 1.29 is 4.39 Å². The van der Waals surface area contributed by atoms with E-state index in [4.69, 9.17) is 23.2 Å². The lowest BCUT2D eigenvalue weighted by Crippen LogP contribution is -2.28. The lowest BCUT2D eigenvalue weighted by atomic mass is 10.1. The summed E-state index contributed by atoms with van der Waals surface area (Å²) in [6.07, 6.45) is 1.41. The van der Waals surface area contributed by atoms with Crippen molar-refractivity contribution in [1.29, 1.82) is 5.26 Å². The zero-order valence-corrected chi connectivity index (χ0v) is 16.3. The van der Waals surface area contributed by atoms with Crippen LogP contribution in [-0.4, -0.2) is 27.7 Å². The number of nitriles is 1. The van der Waals surface area contributed by atoms with Gasteiger partial charge in [0.1, 0.15) is 28.4 Å². The standard InChI is InChI=1S/C19H16Cl2FN5/c1-4-26(10-11(2)3)19-16(15-13(20)6-5-7-14(15)22)17(21)25-18-12(8-23)9-24-27(18)19/h5-7,9H,2,4,10H2,1,3H3. The van der Waals surface area contributed by atoms with E-state index in [1.165, 1.54) is 22.8 Å². The molecule has 0 fully saturated rings. The number of hydrogen-bond donors (Lipinski definition) is 0. The van der Waals surface area contributed by atoms with E-state index in [0.717, 1.165) is 5.57 Å². The number of hydrogen-bond acceptors (Lipinski definition) is 4. The van der Waals surface area contributed by atoms with Gasteiger partial charge < -0.3 is 4.90 Å². The van der Waals surface area contributed by atoms with Crippen molar-refractivity contribution in [3.05, 3.63) is 58.1 Å². The van der Waals surface area contributed by atoms with Crippen LogP contribution in [0.25, 0.3) is 16.8 Å². The highest BCUT2D eigenvalue weighted by atomic mass is 35.5. The Hall–Kier alpha value is -2.62. The van der Waals surface area contributed by atoms with Gasteiger partial charge in [-0.1, -0.05) is 41.4 Å². The van der Waals surface area contributed by atoms with E-state index in [1.807, 2.05) is 24.8 Å². The molecule has 0 bridgehead atoms. The number of benzene rings is 1. The van der Waals surface area contributed by atoms with Gasteiger partial charge in [0, 0.05) is 18.7 Å². The average Bonchev–Trinajstić information content (AvgIpc) is 3.02. The molecule has 0 radical (unpaired) electrons. The smallest absolute Gasteiger partial charge is 0.176 e. The topological polar surface area (TPSA) is 57.2 Å². The molecule has 0 amide bonds. The van der Waals surface area contributed by atoms with Gasteiger partial charge in [-0.3, -0.25) is 0 Å². The molecule has 0 unspecified atom stereocenters. The zero-order chi connectivity index (χ0) is 19.7. The number of anilines is 1. The summed E-state index contributed by atoms with van der Waals surface area (Å²) in [6, 6.07) is 6.46. The number of fused-ring (bicyclic) bond motifs is 1. The van der Waals surface area contributed by atoms with Crippen LogP contribution in [-0.2, 0) is 0 Å². The lowest BCUT2D eigenvalue weighted by molar-refractivity contribution is 0.631. The number of rotatable bonds is 5. The fourth-order valence-electron chi connectivity index (χ4n) is 2.94. The molecule has 0 spiro atoms. The minimum atomic E-state index is -0.522. The first-order valence-electron chi connectivity index (χ1n) is 8.20. The maximum atomic E-state index is 14.7. The van der Waals surface area contributed by atoms with Gasteiger partial charge in [-0.25, -0.2) is 9.37 Å². The molecule has 0 saturated carbocycles. The van der Waals surface area contributed by atoms with E-state index in [0.29, 0.717) is 30.1 Å².